The van der Waals surface area contributed by atoms with E-state index >= 15 is 0 Å². The van der Waals surface area contributed by atoms with Gasteiger partial charge in [0.1, 0.15) is 5.82 Å². The van der Waals surface area contributed by atoms with Gasteiger partial charge in [-0.05, 0) is 24.6 Å². The zero-order valence-electron chi connectivity index (χ0n) is 10.0. The van der Waals surface area contributed by atoms with Crippen molar-refractivity contribution in [2.75, 3.05) is 16.8 Å². The molecular formula is C11H11FN4OS2. The fourth-order valence-corrected chi connectivity index (χ4v) is 2.75. The third kappa shape index (κ3) is 3.90. The maximum Gasteiger partial charge on any atom is 0.234 e. The summed E-state index contributed by atoms with van der Waals surface area (Å²) in [6.45, 7) is 1.78. The molecule has 1 aromatic heterocycles. The lowest BCUT2D eigenvalue weighted by Gasteiger charge is -2.06. The van der Waals surface area contributed by atoms with Crippen LogP contribution < -0.4 is 11.1 Å². The van der Waals surface area contributed by atoms with E-state index in [1.807, 2.05) is 0 Å². The summed E-state index contributed by atoms with van der Waals surface area (Å²) >= 11 is 2.41. The molecule has 0 fully saturated rings. The summed E-state index contributed by atoms with van der Waals surface area (Å²) in [5.74, 6) is -0.623. The van der Waals surface area contributed by atoms with Crippen molar-refractivity contribution in [3.8, 4) is 0 Å². The van der Waals surface area contributed by atoms with Crippen LogP contribution in [-0.4, -0.2) is 21.9 Å². The molecule has 0 aliphatic carbocycles. The Balaban J connectivity index is 1.90. The molecule has 100 valence electrons. The van der Waals surface area contributed by atoms with Gasteiger partial charge in [-0.25, -0.2) is 4.39 Å². The Morgan fingerprint density at radius 3 is 2.95 bits per heavy atom. The predicted molar refractivity (Wildman–Crippen MR) is 74.8 cm³/mol. The number of amides is 1. The van der Waals surface area contributed by atoms with Crippen molar-refractivity contribution in [1.82, 2.24) is 10.2 Å². The van der Waals surface area contributed by atoms with Crippen molar-refractivity contribution in [1.29, 1.82) is 0 Å². The maximum absolute atomic E-state index is 13.5. The molecule has 1 aromatic carbocycles. The van der Waals surface area contributed by atoms with Crippen molar-refractivity contribution < 1.29 is 9.18 Å². The lowest BCUT2D eigenvalue weighted by Crippen LogP contribution is -2.15. The van der Waals surface area contributed by atoms with Crippen molar-refractivity contribution in [2.45, 2.75) is 11.3 Å². The molecule has 19 heavy (non-hydrogen) atoms. The van der Waals surface area contributed by atoms with Gasteiger partial charge in [-0.3, -0.25) is 4.79 Å². The fraction of sp³-hybridized carbons (Fsp3) is 0.182. The first-order valence-electron chi connectivity index (χ1n) is 5.32. The number of carbonyl (C=O) groups excluding carboxylic acids is 1. The number of nitrogens with zero attached hydrogens (tertiary/aromatic N) is 2. The minimum Gasteiger partial charge on any atom is -0.374 e. The number of anilines is 2. The quantitative estimate of drug-likeness (QED) is 0.847. The van der Waals surface area contributed by atoms with E-state index in [0.29, 0.717) is 9.47 Å². The summed E-state index contributed by atoms with van der Waals surface area (Å²) < 4.78 is 14.1. The van der Waals surface area contributed by atoms with Crippen LogP contribution in [0.5, 0.6) is 0 Å². The number of rotatable bonds is 4. The van der Waals surface area contributed by atoms with Gasteiger partial charge in [0.25, 0.3) is 0 Å². The molecule has 3 N–H and O–H groups in total. The van der Waals surface area contributed by atoms with Gasteiger partial charge in [0, 0.05) is 0 Å². The van der Waals surface area contributed by atoms with Crippen molar-refractivity contribution in [2.24, 2.45) is 0 Å². The Labute approximate surface area is 117 Å². The maximum atomic E-state index is 13.5. The summed E-state index contributed by atoms with van der Waals surface area (Å²) in [6, 6.07) is 4.64. The van der Waals surface area contributed by atoms with Gasteiger partial charge < -0.3 is 11.1 Å². The van der Waals surface area contributed by atoms with Crippen molar-refractivity contribution in [3.63, 3.8) is 0 Å². The lowest BCUT2D eigenvalue weighted by molar-refractivity contribution is -0.113. The molecule has 8 heteroatoms. The monoisotopic (exact) mass is 298 g/mol. The van der Waals surface area contributed by atoms with Gasteiger partial charge in [-0.15, -0.1) is 10.2 Å². The molecule has 2 aromatic rings. The van der Waals surface area contributed by atoms with Crippen LogP contribution in [0.1, 0.15) is 5.56 Å². The van der Waals surface area contributed by atoms with Gasteiger partial charge in [-0.2, -0.15) is 0 Å². The molecule has 5 nitrogen and oxygen atoms in total. The van der Waals surface area contributed by atoms with Crippen LogP contribution in [0, 0.1) is 12.7 Å². The molecule has 0 aliphatic rings. The highest BCUT2D eigenvalue weighted by Gasteiger charge is 2.09. The molecule has 2 rings (SSSR count). The largest absolute Gasteiger partial charge is 0.374 e. The second-order valence-corrected chi connectivity index (χ2v) is 5.96. The summed E-state index contributed by atoms with van der Waals surface area (Å²) in [6.07, 6.45) is 0. The Morgan fingerprint density at radius 2 is 2.32 bits per heavy atom. The van der Waals surface area contributed by atoms with Crippen molar-refractivity contribution in [3.05, 3.63) is 29.6 Å². The summed E-state index contributed by atoms with van der Waals surface area (Å²) in [5.41, 5.74) is 6.40. The average Bonchev–Trinajstić information content (AvgIpc) is 2.76. The standard InChI is InChI=1S/C11H11FN4OS2/c1-6-2-3-8(7(12)4-6)14-9(17)5-18-11-16-15-10(13)19-11/h2-4H,5H2,1H3,(H2,13,15)(H,14,17). The van der Waals surface area contributed by atoms with Crippen LogP contribution in [0.3, 0.4) is 0 Å². The molecule has 0 spiro atoms. The lowest BCUT2D eigenvalue weighted by atomic mass is 10.2. The number of hydrogen-bond donors (Lipinski definition) is 2. The first kappa shape index (κ1) is 13.8. The molecule has 0 unspecified atom stereocenters. The number of thioether (sulfide) groups is 1. The van der Waals surface area contributed by atoms with Crippen LogP contribution in [0.15, 0.2) is 22.5 Å². The molecular weight excluding hydrogens is 287 g/mol. The third-order valence-electron chi connectivity index (χ3n) is 2.15. The first-order chi connectivity index (χ1) is 9.04. The number of benzene rings is 1. The van der Waals surface area contributed by atoms with E-state index in [0.717, 1.165) is 5.56 Å². The molecule has 0 bridgehead atoms. The highest BCUT2D eigenvalue weighted by atomic mass is 32.2. The number of aryl methyl sites for hydroxylation is 1. The summed E-state index contributed by atoms with van der Waals surface area (Å²) in [4.78, 5) is 11.7. The van der Waals surface area contributed by atoms with Crippen LogP contribution in [0.4, 0.5) is 15.2 Å². The molecule has 0 aliphatic heterocycles. The minimum atomic E-state index is -0.446. The molecule has 1 heterocycles. The highest BCUT2D eigenvalue weighted by molar-refractivity contribution is 8.01. The molecule has 0 atom stereocenters. The van der Waals surface area contributed by atoms with Gasteiger partial charge in [0.05, 0.1) is 11.4 Å². The van der Waals surface area contributed by atoms with E-state index in [1.54, 1.807) is 13.0 Å². The number of carbonyl (C=O) groups is 1. The fourth-order valence-electron chi connectivity index (χ4n) is 1.31. The summed E-state index contributed by atoms with van der Waals surface area (Å²) in [5, 5.41) is 10.3. The van der Waals surface area contributed by atoms with E-state index in [4.69, 9.17) is 5.73 Å². The topological polar surface area (TPSA) is 80.9 Å². The first-order valence-corrected chi connectivity index (χ1v) is 7.12. The van der Waals surface area contributed by atoms with E-state index in [-0.39, 0.29) is 17.3 Å². The van der Waals surface area contributed by atoms with Gasteiger partial charge >= 0.3 is 0 Å². The second-order valence-electron chi connectivity index (χ2n) is 3.73. The number of nitrogens with two attached hydrogens (primary N) is 1. The SMILES string of the molecule is Cc1ccc(NC(=O)CSc2nnc(N)s2)c(F)c1. The van der Waals surface area contributed by atoms with E-state index in [2.05, 4.69) is 15.5 Å². The average molecular weight is 298 g/mol. The zero-order valence-corrected chi connectivity index (χ0v) is 11.6. The Kier molecular flexibility index (Phi) is 4.33. The smallest absolute Gasteiger partial charge is 0.234 e. The van der Waals surface area contributed by atoms with Gasteiger partial charge in [0.15, 0.2) is 4.34 Å². The predicted octanol–water partition coefficient (Wildman–Crippen LogP) is 2.30. The summed E-state index contributed by atoms with van der Waals surface area (Å²) in [7, 11) is 0. The Hall–Kier alpha value is -1.67. The van der Waals surface area contributed by atoms with Gasteiger partial charge in [0.2, 0.25) is 11.0 Å². The molecule has 0 saturated heterocycles. The van der Waals surface area contributed by atoms with E-state index in [1.165, 1.54) is 35.2 Å². The van der Waals surface area contributed by atoms with E-state index in [9.17, 15) is 9.18 Å². The van der Waals surface area contributed by atoms with E-state index < -0.39 is 5.82 Å². The Morgan fingerprint density at radius 1 is 1.53 bits per heavy atom. The Bertz CT molecular complexity index is 602. The molecule has 0 saturated carbocycles. The molecule has 0 radical (unpaired) electrons. The number of aromatic nitrogens is 2. The highest BCUT2D eigenvalue weighted by Crippen LogP contribution is 2.23. The number of nitrogens with one attached hydrogen (secondary N) is 1. The number of hydrogen-bond acceptors (Lipinski definition) is 6. The normalized spacial score (nSPS) is 10.4. The van der Waals surface area contributed by atoms with Crippen molar-refractivity contribution >= 4 is 39.8 Å². The second kappa shape index (κ2) is 5.98. The molecule has 1 amide bonds. The number of halogens is 1. The zero-order chi connectivity index (χ0) is 13.8. The van der Waals surface area contributed by atoms with Crippen LogP contribution in [-0.2, 0) is 4.79 Å². The van der Waals surface area contributed by atoms with Crippen LogP contribution >= 0.6 is 23.1 Å². The van der Waals surface area contributed by atoms with Gasteiger partial charge in [-0.1, -0.05) is 29.2 Å². The van der Waals surface area contributed by atoms with Crippen LogP contribution in [0.2, 0.25) is 0 Å². The third-order valence-corrected chi connectivity index (χ3v) is 4.03. The number of nitrogen functional groups attached to an aromatic ring is 1. The van der Waals surface area contributed by atoms with Crippen LogP contribution in [0.25, 0.3) is 0 Å². The minimum absolute atomic E-state index is 0.127.